The van der Waals surface area contributed by atoms with Gasteiger partial charge in [0.25, 0.3) is 0 Å². The molecule has 0 fully saturated rings. The van der Waals surface area contributed by atoms with Crippen LogP contribution in [0.4, 0.5) is 0 Å². The van der Waals surface area contributed by atoms with Crippen molar-refractivity contribution >= 4 is 23.6 Å². The number of hydrogen-bond donors (Lipinski definition) is 2. The van der Waals surface area contributed by atoms with E-state index in [1.807, 2.05) is 25.1 Å². The van der Waals surface area contributed by atoms with Crippen LogP contribution in [0.1, 0.15) is 25.8 Å². The maximum absolute atomic E-state index is 12.3. The number of aliphatic hydroxyl groups is 1. The lowest BCUT2D eigenvalue weighted by Crippen LogP contribution is -2.50. The topological polar surface area (TPSA) is 58.6 Å². The second kappa shape index (κ2) is 8.17. The first-order chi connectivity index (χ1) is 9.91. The molecule has 0 bridgehead atoms. The number of carbonyl (C=O) groups excluding carboxylic acids is 1. The van der Waals surface area contributed by atoms with E-state index in [1.54, 1.807) is 26.2 Å². The Morgan fingerprint density at radius 2 is 2.14 bits per heavy atom. The number of hydrogen-bond acceptors (Lipinski definition) is 3. The minimum Gasteiger partial charge on any atom is -0.396 e. The van der Waals surface area contributed by atoms with E-state index in [2.05, 4.69) is 5.32 Å². The molecule has 1 aromatic rings. The van der Waals surface area contributed by atoms with Crippen molar-refractivity contribution in [3.8, 4) is 0 Å². The molecule has 0 saturated heterocycles. The van der Waals surface area contributed by atoms with Crippen molar-refractivity contribution in [3.63, 3.8) is 0 Å². The van der Waals surface area contributed by atoms with Crippen molar-refractivity contribution in [3.05, 3.63) is 40.4 Å². The van der Waals surface area contributed by atoms with Gasteiger partial charge in [-0.1, -0.05) is 29.8 Å². The summed E-state index contributed by atoms with van der Waals surface area (Å²) in [7, 11) is 1.56. The van der Waals surface area contributed by atoms with E-state index in [0.29, 0.717) is 23.6 Å². The number of carbonyl (C=O) groups is 1. The molecule has 0 saturated carbocycles. The van der Waals surface area contributed by atoms with Crippen molar-refractivity contribution in [2.75, 3.05) is 20.3 Å². The number of ether oxygens (including phenoxy) is 1. The van der Waals surface area contributed by atoms with Crippen molar-refractivity contribution in [1.82, 2.24) is 5.32 Å². The van der Waals surface area contributed by atoms with Gasteiger partial charge in [0.05, 0.1) is 12.1 Å². The van der Waals surface area contributed by atoms with Gasteiger partial charge in [-0.25, -0.2) is 0 Å². The van der Waals surface area contributed by atoms with Gasteiger partial charge in [-0.3, -0.25) is 4.79 Å². The Hall–Kier alpha value is -1.36. The van der Waals surface area contributed by atoms with Crippen LogP contribution in [0.2, 0.25) is 5.02 Å². The minimum absolute atomic E-state index is 0.0204. The zero-order valence-electron chi connectivity index (χ0n) is 12.6. The van der Waals surface area contributed by atoms with Crippen LogP contribution in [0.25, 0.3) is 6.08 Å². The molecule has 0 aliphatic carbocycles. The smallest absolute Gasteiger partial charge is 0.247 e. The van der Waals surface area contributed by atoms with E-state index in [9.17, 15) is 4.79 Å². The largest absolute Gasteiger partial charge is 0.396 e. The van der Waals surface area contributed by atoms with Crippen LogP contribution in [-0.4, -0.2) is 36.9 Å². The average molecular weight is 312 g/mol. The average Bonchev–Trinajstić information content (AvgIpc) is 2.41. The summed E-state index contributed by atoms with van der Waals surface area (Å²) in [6.07, 6.45) is 2.16. The molecule has 21 heavy (non-hydrogen) atoms. The lowest BCUT2D eigenvalue weighted by atomic mass is 9.98. The van der Waals surface area contributed by atoms with Gasteiger partial charge >= 0.3 is 0 Å². The Morgan fingerprint density at radius 3 is 2.71 bits per heavy atom. The van der Waals surface area contributed by atoms with E-state index >= 15 is 0 Å². The highest BCUT2D eigenvalue weighted by Crippen LogP contribution is 2.19. The monoisotopic (exact) mass is 311 g/mol. The van der Waals surface area contributed by atoms with Gasteiger partial charge < -0.3 is 15.2 Å². The first-order valence-corrected chi connectivity index (χ1v) is 7.15. The summed E-state index contributed by atoms with van der Waals surface area (Å²) in [5.41, 5.74) is 0.738. The predicted molar refractivity (Wildman–Crippen MR) is 85.2 cm³/mol. The second-order valence-corrected chi connectivity index (χ2v) is 5.68. The Labute approximate surface area is 130 Å². The van der Waals surface area contributed by atoms with Gasteiger partial charge in [-0.2, -0.15) is 0 Å². The molecule has 1 aromatic carbocycles. The molecule has 0 aliphatic heterocycles. The number of rotatable bonds is 7. The van der Waals surface area contributed by atoms with Crippen LogP contribution >= 0.6 is 11.6 Å². The molecule has 1 atom stereocenters. The summed E-state index contributed by atoms with van der Waals surface area (Å²) >= 11 is 6.08. The molecule has 2 N–H and O–H groups in total. The van der Waals surface area contributed by atoms with Crippen LogP contribution in [0.15, 0.2) is 29.8 Å². The van der Waals surface area contributed by atoms with Crippen molar-refractivity contribution in [2.24, 2.45) is 0 Å². The number of amides is 1. The second-order valence-electron chi connectivity index (χ2n) is 5.27. The SMILES string of the molecule is COCC(C)(CCO)NC(=O)/C(C)=C/c1ccccc1Cl. The molecular formula is C16H22ClNO3. The summed E-state index contributed by atoms with van der Waals surface area (Å²) in [4.78, 5) is 12.3. The van der Waals surface area contributed by atoms with E-state index in [-0.39, 0.29) is 12.5 Å². The minimum atomic E-state index is -0.601. The van der Waals surface area contributed by atoms with Gasteiger partial charge in [0.15, 0.2) is 0 Å². The molecule has 0 spiro atoms. The van der Waals surface area contributed by atoms with Crippen molar-refractivity contribution in [1.29, 1.82) is 0 Å². The Kier molecular flexibility index (Phi) is 6.89. The normalized spacial score (nSPS) is 14.6. The first kappa shape index (κ1) is 17.7. The molecule has 1 rings (SSSR count). The van der Waals surface area contributed by atoms with E-state index in [0.717, 1.165) is 5.56 Å². The number of aliphatic hydroxyl groups excluding tert-OH is 1. The van der Waals surface area contributed by atoms with Gasteiger partial charge in [-0.05, 0) is 38.0 Å². The highest BCUT2D eigenvalue weighted by molar-refractivity contribution is 6.32. The third kappa shape index (κ3) is 5.50. The molecule has 1 amide bonds. The van der Waals surface area contributed by atoms with E-state index < -0.39 is 5.54 Å². The van der Waals surface area contributed by atoms with E-state index in [1.165, 1.54) is 0 Å². The number of methoxy groups -OCH3 is 1. The first-order valence-electron chi connectivity index (χ1n) is 6.77. The lowest BCUT2D eigenvalue weighted by molar-refractivity contribution is -0.120. The number of benzene rings is 1. The summed E-state index contributed by atoms with van der Waals surface area (Å²) in [5, 5.41) is 12.6. The molecule has 0 radical (unpaired) electrons. The van der Waals surface area contributed by atoms with Gasteiger partial charge in [0.1, 0.15) is 0 Å². The zero-order valence-corrected chi connectivity index (χ0v) is 13.4. The molecule has 0 heterocycles. The number of halogens is 1. The van der Waals surface area contributed by atoms with Crippen molar-refractivity contribution < 1.29 is 14.6 Å². The van der Waals surface area contributed by atoms with Crippen LogP contribution < -0.4 is 5.32 Å². The fourth-order valence-corrected chi connectivity index (χ4v) is 2.19. The van der Waals surface area contributed by atoms with Crippen LogP contribution in [0.3, 0.4) is 0 Å². The maximum atomic E-state index is 12.3. The Bertz CT molecular complexity index is 508. The highest BCUT2D eigenvalue weighted by atomic mass is 35.5. The third-order valence-corrected chi connectivity index (χ3v) is 3.52. The van der Waals surface area contributed by atoms with Gasteiger partial charge in [0.2, 0.25) is 5.91 Å². The predicted octanol–water partition coefficient (Wildman–Crippen LogP) is 2.65. The fourth-order valence-electron chi connectivity index (χ4n) is 2.00. The Balaban J connectivity index is 2.85. The Morgan fingerprint density at radius 1 is 1.48 bits per heavy atom. The quantitative estimate of drug-likeness (QED) is 0.761. The highest BCUT2D eigenvalue weighted by Gasteiger charge is 2.26. The standard InChI is InChI=1S/C16H22ClNO3/c1-12(10-13-6-4-5-7-14(13)17)15(20)18-16(2,8-9-19)11-21-3/h4-7,10,19H,8-9,11H2,1-3H3,(H,18,20)/b12-10+. The maximum Gasteiger partial charge on any atom is 0.247 e. The summed E-state index contributed by atoms with van der Waals surface area (Å²) < 4.78 is 5.11. The molecular weight excluding hydrogens is 290 g/mol. The molecule has 1 unspecified atom stereocenters. The van der Waals surface area contributed by atoms with E-state index in [4.69, 9.17) is 21.4 Å². The summed E-state index contributed by atoms with van der Waals surface area (Å²) in [6, 6.07) is 7.33. The molecule has 0 aliphatic rings. The summed E-state index contributed by atoms with van der Waals surface area (Å²) in [5.74, 6) is -0.206. The fraction of sp³-hybridized carbons (Fsp3) is 0.438. The third-order valence-electron chi connectivity index (χ3n) is 3.18. The molecule has 0 aromatic heterocycles. The van der Waals surface area contributed by atoms with Gasteiger partial charge in [-0.15, -0.1) is 0 Å². The van der Waals surface area contributed by atoms with Crippen molar-refractivity contribution in [2.45, 2.75) is 25.8 Å². The summed E-state index contributed by atoms with van der Waals surface area (Å²) in [6.45, 7) is 3.88. The van der Waals surface area contributed by atoms with Crippen LogP contribution in [0, 0.1) is 0 Å². The van der Waals surface area contributed by atoms with Crippen LogP contribution in [-0.2, 0) is 9.53 Å². The zero-order chi connectivity index (χ0) is 15.9. The number of nitrogens with one attached hydrogen (secondary N) is 1. The van der Waals surface area contributed by atoms with Crippen LogP contribution in [0.5, 0.6) is 0 Å². The molecule has 5 heteroatoms. The van der Waals surface area contributed by atoms with Gasteiger partial charge in [0, 0.05) is 24.3 Å². The molecule has 116 valence electrons. The molecule has 4 nitrogen and oxygen atoms in total. The lowest BCUT2D eigenvalue weighted by Gasteiger charge is -2.29.